The predicted octanol–water partition coefficient (Wildman–Crippen LogP) is 2.61. The van der Waals surface area contributed by atoms with Crippen molar-refractivity contribution in [1.82, 2.24) is 15.3 Å². The Morgan fingerprint density at radius 1 is 1.50 bits per heavy atom. The van der Waals surface area contributed by atoms with Gasteiger partial charge in [0.25, 0.3) is 0 Å². The Bertz CT molecular complexity index is 434. The van der Waals surface area contributed by atoms with Gasteiger partial charge in [-0.3, -0.25) is 0 Å². The second-order valence-electron chi connectivity index (χ2n) is 5.56. The molecule has 112 valence electrons. The van der Waals surface area contributed by atoms with E-state index in [0.717, 1.165) is 36.4 Å². The van der Waals surface area contributed by atoms with E-state index in [2.05, 4.69) is 47.3 Å². The Kier molecular flexibility index (Phi) is 5.66. The summed E-state index contributed by atoms with van der Waals surface area (Å²) >= 11 is 1.88. The van der Waals surface area contributed by atoms with Gasteiger partial charge < -0.3 is 10.2 Å². The van der Waals surface area contributed by atoms with E-state index in [-0.39, 0.29) is 0 Å². The summed E-state index contributed by atoms with van der Waals surface area (Å²) < 4.78 is 0. The highest BCUT2D eigenvalue weighted by Crippen LogP contribution is 2.20. The molecule has 1 saturated carbocycles. The summed E-state index contributed by atoms with van der Waals surface area (Å²) in [5, 5.41) is 3.52. The number of hydrogen-bond acceptors (Lipinski definition) is 5. The first-order valence-corrected chi connectivity index (χ1v) is 8.82. The number of thioether (sulfide) groups is 1. The first-order chi connectivity index (χ1) is 9.65. The molecule has 1 aliphatic rings. The first-order valence-electron chi connectivity index (χ1n) is 7.43. The van der Waals surface area contributed by atoms with Crippen LogP contribution in [0.3, 0.4) is 0 Å². The molecular weight excluding hydrogens is 268 g/mol. The SMILES string of the molecule is CCC(CSC)N(C)c1ncc(CNC2CC2)c(C)n1. The molecule has 1 N–H and O–H groups in total. The van der Waals surface area contributed by atoms with E-state index in [0.29, 0.717) is 6.04 Å². The Labute approximate surface area is 126 Å². The molecule has 1 aromatic heterocycles. The lowest BCUT2D eigenvalue weighted by Crippen LogP contribution is -2.34. The molecule has 0 aliphatic heterocycles. The van der Waals surface area contributed by atoms with E-state index in [1.165, 1.54) is 18.4 Å². The van der Waals surface area contributed by atoms with Crippen LogP contribution in [0.25, 0.3) is 0 Å². The first kappa shape index (κ1) is 15.6. The van der Waals surface area contributed by atoms with Gasteiger partial charge in [0, 0.05) is 48.9 Å². The smallest absolute Gasteiger partial charge is 0.225 e. The number of hydrogen-bond donors (Lipinski definition) is 1. The van der Waals surface area contributed by atoms with E-state index < -0.39 is 0 Å². The highest BCUT2D eigenvalue weighted by molar-refractivity contribution is 7.98. The van der Waals surface area contributed by atoms with Gasteiger partial charge in [-0.2, -0.15) is 11.8 Å². The van der Waals surface area contributed by atoms with Crippen molar-refractivity contribution in [2.75, 3.05) is 24.0 Å². The summed E-state index contributed by atoms with van der Waals surface area (Å²) in [6, 6.07) is 1.22. The minimum atomic E-state index is 0.500. The molecule has 1 atom stereocenters. The number of nitrogens with zero attached hydrogens (tertiary/aromatic N) is 3. The van der Waals surface area contributed by atoms with Crippen molar-refractivity contribution in [1.29, 1.82) is 0 Å². The number of rotatable bonds is 8. The third kappa shape index (κ3) is 4.09. The van der Waals surface area contributed by atoms with E-state index >= 15 is 0 Å². The molecule has 1 unspecified atom stereocenters. The van der Waals surface area contributed by atoms with Crippen molar-refractivity contribution in [2.45, 2.75) is 51.7 Å². The molecule has 0 aromatic carbocycles. The van der Waals surface area contributed by atoms with E-state index in [9.17, 15) is 0 Å². The fourth-order valence-electron chi connectivity index (χ4n) is 2.22. The third-order valence-corrected chi connectivity index (χ3v) is 4.64. The molecule has 4 nitrogen and oxygen atoms in total. The maximum Gasteiger partial charge on any atom is 0.225 e. The molecule has 0 spiro atoms. The normalized spacial score (nSPS) is 16.2. The number of aryl methyl sites for hydroxylation is 1. The van der Waals surface area contributed by atoms with Crippen LogP contribution in [0, 0.1) is 6.92 Å². The van der Waals surface area contributed by atoms with Gasteiger partial charge in [0.1, 0.15) is 0 Å². The number of nitrogens with one attached hydrogen (secondary N) is 1. The van der Waals surface area contributed by atoms with Crippen LogP contribution in [-0.2, 0) is 6.54 Å². The van der Waals surface area contributed by atoms with Crippen LogP contribution in [0.5, 0.6) is 0 Å². The molecule has 2 rings (SSSR count). The molecule has 0 saturated heterocycles. The van der Waals surface area contributed by atoms with Gasteiger partial charge in [-0.1, -0.05) is 6.92 Å². The Hall–Kier alpha value is -0.810. The molecule has 0 amide bonds. The Balaban J connectivity index is 2.02. The molecule has 1 aromatic rings. The zero-order valence-electron chi connectivity index (χ0n) is 13.0. The summed E-state index contributed by atoms with van der Waals surface area (Å²) in [5.41, 5.74) is 2.31. The van der Waals surface area contributed by atoms with Crippen LogP contribution < -0.4 is 10.2 Å². The second kappa shape index (κ2) is 7.27. The predicted molar refractivity (Wildman–Crippen MR) is 87.5 cm³/mol. The van der Waals surface area contributed by atoms with Gasteiger partial charge in [-0.25, -0.2) is 9.97 Å². The third-order valence-electron chi connectivity index (χ3n) is 3.92. The molecule has 0 radical (unpaired) electrons. The van der Waals surface area contributed by atoms with E-state index in [1.54, 1.807) is 0 Å². The topological polar surface area (TPSA) is 41.1 Å². The average molecular weight is 294 g/mol. The zero-order chi connectivity index (χ0) is 14.5. The summed E-state index contributed by atoms with van der Waals surface area (Å²) in [4.78, 5) is 11.5. The van der Waals surface area contributed by atoms with Gasteiger partial charge in [-0.15, -0.1) is 0 Å². The van der Waals surface area contributed by atoms with Gasteiger partial charge in [0.2, 0.25) is 5.95 Å². The standard InChI is InChI=1S/C15H26N4S/c1-5-14(10-20-4)19(3)15-17-9-12(11(2)18-15)8-16-13-6-7-13/h9,13-14,16H,5-8,10H2,1-4H3. The molecule has 1 heterocycles. The molecule has 5 heteroatoms. The average Bonchev–Trinajstić information content (AvgIpc) is 3.27. The number of anilines is 1. The van der Waals surface area contributed by atoms with Crippen molar-refractivity contribution < 1.29 is 0 Å². The van der Waals surface area contributed by atoms with Gasteiger partial charge >= 0.3 is 0 Å². The molecular formula is C15H26N4S. The van der Waals surface area contributed by atoms with Crippen molar-refractivity contribution in [3.8, 4) is 0 Å². The Morgan fingerprint density at radius 2 is 2.25 bits per heavy atom. The van der Waals surface area contributed by atoms with Crippen molar-refractivity contribution in [2.24, 2.45) is 0 Å². The van der Waals surface area contributed by atoms with Crippen LogP contribution in [0.15, 0.2) is 6.20 Å². The summed E-state index contributed by atoms with van der Waals surface area (Å²) in [6.45, 7) is 5.19. The van der Waals surface area contributed by atoms with E-state index in [4.69, 9.17) is 0 Å². The van der Waals surface area contributed by atoms with Crippen molar-refractivity contribution >= 4 is 17.7 Å². The molecule has 20 heavy (non-hydrogen) atoms. The Morgan fingerprint density at radius 3 is 2.80 bits per heavy atom. The fraction of sp³-hybridized carbons (Fsp3) is 0.733. The molecule has 1 fully saturated rings. The quantitative estimate of drug-likeness (QED) is 0.798. The van der Waals surface area contributed by atoms with Gasteiger partial charge in [0.15, 0.2) is 0 Å². The zero-order valence-corrected chi connectivity index (χ0v) is 13.8. The maximum absolute atomic E-state index is 4.69. The largest absolute Gasteiger partial charge is 0.340 e. The highest BCUT2D eigenvalue weighted by Gasteiger charge is 2.21. The molecule has 0 bridgehead atoms. The van der Waals surface area contributed by atoms with Crippen LogP contribution in [0.1, 0.15) is 37.4 Å². The van der Waals surface area contributed by atoms with Crippen LogP contribution >= 0.6 is 11.8 Å². The highest BCUT2D eigenvalue weighted by atomic mass is 32.2. The lowest BCUT2D eigenvalue weighted by atomic mass is 10.2. The second-order valence-corrected chi connectivity index (χ2v) is 6.47. The fourth-order valence-corrected chi connectivity index (χ4v) is 3.07. The summed E-state index contributed by atoms with van der Waals surface area (Å²) in [6.07, 6.45) is 7.87. The minimum absolute atomic E-state index is 0.500. The van der Waals surface area contributed by atoms with Crippen LogP contribution in [-0.4, -0.2) is 41.1 Å². The van der Waals surface area contributed by atoms with Crippen LogP contribution in [0.4, 0.5) is 5.95 Å². The summed E-state index contributed by atoms with van der Waals surface area (Å²) in [7, 11) is 2.10. The minimum Gasteiger partial charge on any atom is -0.340 e. The van der Waals surface area contributed by atoms with Gasteiger partial charge in [0.05, 0.1) is 0 Å². The molecule has 1 aliphatic carbocycles. The number of aromatic nitrogens is 2. The van der Waals surface area contributed by atoms with Gasteiger partial charge in [-0.05, 0) is 32.4 Å². The van der Waals surface area contributed by atoms with Crippen LogP contribution in [0.2, 0.25) is 0 Å². The van der Waals surface area contributed by atoms with Crippen molar-refractivity contribution in [3.63, 3.8) is 0 Å². The maximum atomic E-state index is 4.69. The van der Waals surface area contributed by atoms with E-state index in [1.807, 2.05) is 18.0 Å². The lowest BCUT2D eigenvalue weighted by molar-refractivity contribution is 0.649. The summed E-state index contributed by atoms with van der Waals surface area (Å²) in [5.74, 6) is 1.96. The lowest BCUT2D eigenvalue weighted by Gasteiger charge is -2.27. The van der Waals surface area contributed by atoms with Crippen molar-refractivity contribution in [3.05, 3.63) is 17.5 Å². The monoisotopic (exact) mass is 294 g/mol.